The van der Waals surface area contributed by atoms with Crippen LogP contribution in [-0.4, -0.2) is 37.0 Å². The van der Waals surface area contributed by atoms with Crippen molar-refractivity contribution in [2.75, 3.05) is 13.7 Å². The second kappa shape index (κ2) is 10.4. The maximum Gasteiger partial charge on any atom is 0.333 e. The Labute approximate surface area is 166 Å². The van der Waals surface area contributed by atoms with Gasteiger partial charge in [-0.15, -0.1) is 0 Å². The third kappa shape index (κ3) is 6.33. The standard InChI is InChI=1S/C23H26O5/c1-16(2)28-22(23(24)25)15-18-11-12-20(26-4)21(14-18)27-13-7-10-19-9-6-5-8-17(19)3/h5-6,8-9,11-12,14,16,22H,13,15H2,1-4H3,(H,24,25). The van der Waals surface area contributed by atoms with Crippen LogP contribution in [0, 0.1) is 18.8 Å². The summed E-state index contributed by atoms with van der Waals surface area (Å²) in [6, 6.07) is 13.2. The number of carbonyl (C=O) groups is 1. The van der Waals surface area contributed by atoms with Gasteiger partial charge >= 0.3 is 5.97 Å². The normalized spacial score (nSPS) is 11.5. The predicted molar refractivity (Wildman–Crippen MR) is 108 cm³/mol. The molecule has 2 aromatic carbocycles. The number of rotatable bonds is 8. The molecule has 0 bridgehead atoms. The van der Waals surface area contributed by atoms with Gasteiger partial charge in [0.1, 0.15) is 6.61 Å². The van der Waals surface area contributed by atoms with E-state index in [2.05, 4.69) is 11.8 Å². The highest BCUT2D eigenvalue weighted by Crippen LogP contribution is 2.28. The molecule has 148 valence electrons. The SMILES string of the molecule is COc1ccc(CC(OC(C)C)C(=O)O)cc1OCC#Cc1ccccc1C. The molecule has 2 aromatic rings. The zero-order chi connectivity index (χ0) is 20.5. The molecule has 1 N–H and O–H groups in total. The summed E-state index contributed by atoms with van der Waals surface area (Å²) in [6.45, 7) is 5.83. The van der Waals surface area contributed by atoms with Crippen molar-refractivity contribution >= 4 is 5.97 Å². The highest BCUT2D eigenvalue weighted by Gasteiger charge is 2.21. The Kier molecular flexibility index (Phi) is 7.91. The fraction of sp³-hybridized carbons (Fsp3) is 0.348. The van der Waals surface area contributed by atoms with Crippen LogP contribution in [0.25, 0.3) is 0 Å². The number of aliphatic carboxylic acids is 1. The number of hydrogen-bond donors (Lipinski definition) is 1. The van der Waals surface area contributed by atoms with Crippen molar-refractivity contribution in [1.29, 1.82) is 0 Å². The Morgan fingerprint density at radius 1 is 1.14 bits per heavy atom. The van der Waals surface area contributed by atoms with Crippen molar-refractivity contribution in [3.8, 4) is 23.3 Å². The quantitative estimate of drug-likeness (QED) is 0.703. The fourth-order valence-electron chi connectivity index (χ4n) is 2.66. The lowest BCUT2D eigenvalue weighted by Crippen LogP contribution is -2.29. The summed E-state index contributed by atoms with van der Waals surface area (Å²) < 4.78 is 16.6. The molecule has 1 unspecified atom stereocenters. The lowest BCUT2D eigenvalue weighted by Gasteiger charge is -2.17. The third-order valence-electron chi connectivity index (χ3n) is 4.03. The largest absolute Gasteiger partial charge is 0.493 e. The molecule has 2 rings (SSSR count). The average Bonchev–Trinajstić information content (AvgIpc) is 2.65. The first-order valence-electron chi connectivity index (χ1n) is 9.13. The van der Waals surface area contributed by atoms with Crippen LogP contribution in [-0.2, 0) is 16.0 Å². The van der Waals surface area contributed by atoms with Crippen LogP contribution in [0.2, 0.25) is 0 Å². The van der Waals surface area contributed by atoms with E-state index in [9.17, 15) is 9.90 Å². The zero-order valence-corrected chi connectivity index (χ0v) is 16.7. The van der Waals surface area contributed by atoms with Gasteiger partial charge in [-0.05, 0) is 50.1 Å². The summed E-state index contributed by atoms with van der Waals surface area (Å²) in [4.78, 5) is 11.4. The summed E-state index contributed by atoms with van der Waals surface area (Å²) in [5, 5.41) is 9.36. The Bertz CT molecular complexity index is 861. The van der Waals surface area contributed by atoms with Crippen LogP contribution >= 0.6 is 0 Å². The second-order valence-electron chi connectivity index (χ2n) is 6.61. The minimum Gasteiger partial charge on any atom is -0.493 e. The lowest BCUT2D eigenvalue weighted by molar-refractivity contribution is -0.153. The van der Waals surface area contributed by atoms with E-state index >= 15 is 0 Å². The molecule has 0 heterocycles. The predicted octanol–water partition coefficient (Wildman–Crippen LogP) is 3.85. The van der Waals surface area contributed by atoms with Gasteiger partial charge in [0.25, 0.3) is 0 Å². The van der Waals surface area contributed by atoms with Crippen molar-refractivity contribution in [2.24, 2.45) is 0 Å². The monoisotopic (exact) mass is 382 g/mol. The summed E-state index contributed by atoms with van der Waals surface area (Å²) in [5.74, 6) is 6.19. The number of benzene rings is 2. The number of hydrogen-bond acceptors (Lipinski definition) is 4. The van der Waals surface area contributed by atoms with E-state index in [1.54, 1.807) is 19.2 Å². The van der Waals surface area contributed by atoms with Gasteiger partial charge < -0.3 is 19.3 Å². The molecule has 0 saturated carbocycles. The minimum absolute atomic E-state index is 0.174. The highest BCUT2D eigenvalue weighted by molar-refractivity contribution is 5.72. The maximum atomic E-state index is 11.4. The van der Waals surface area contributed by atoms with Gasteiger partial charge in [0.05, 0.1) is 13.2 Å². The molecule has 0 aromatic heterocycles. The molecule has 5 heteroatoms. The first kappa shape index (κ1) is 21.3. The molecule has 0 spiro atoms. The van der Waals surface area contributed by atoms with Crippen molar-refractivity contribution in [1.82, 2.24) is 0 Å². The zero-order valence-electron chi connectivity index (χ0n) is 16.7. The molecule has 28 heavy (non-hydrogen) atoms. The molecule has 1 atom stereocenters. The molecular formula is C23H26O5. The summed E-state index contributed by atoms with van der Waals surface area (Å²) >= 11 is 0. The van der Waals surface area contributed by atoms with Crippen LogP contribution in [0.1, 0.15) is 30.5 Å². The average molecular weight is 382 g/mol. The number of carboxylic acids is 1. The van der Waals surface area contributed by atoms with Crippen molar-refractivity contribution in [3.05, 3.63) is 59.2 Å². The van der Waals surface area contributed by atoms with Gasteiger partial charge in [0, 0.05) is 12.0 Å². The molecule has 0 aliphatic rings. The van der Waals surface area contributed by atoms with Crippen molar-refractivity contribution in [3.63, 3.8) is 0 Å². The Hall–Kier alpha value is -2.97. The molecule has 0 aliphatic heterocycles. The first-order chi connectivity index (χ1) is 13.4. The molecule has 5 nitrogen and oxygen atoms in total. The van der Waals surface area contributed by atoms with Crippen LogP contribution in [0.4, 0.5) is 0 Å². The van der Waals surface area contributed by atoms with Gasteiger partial charge in [0.2, 0.25) is 0 Å². The van der Waals surface area contributed by atoms with Crippen molar-refractivity contribution in [2.45, 2.75) is 39.4 Å². The molecule has 0 saturated heterocycles. The van der Waals surface area contributed by atoms with E-state index in [0.29, 0.717) is 11.5 Å². The number of carboxylic acid groups (broad SMARTS) is 1. The molecular weight excluding hydrogens is 356 g/mol. The van der Waals surface area contributed by atoms with Crippen LogP contribution < -0.4 is 9.47 Å². The Morgan fingerprint density at radius 3 is 2.54 bits per heavy atom. The van der Waals surface area contributed by atoms with Gasteiger partial charge in [-0.3, -0.25) is 0 Å². The molecule has 0 aliphatic carbocycles. The number of methoxy groups -OCH3 is 1. The Morgan fingerprint density at radius 2 is 1.89 bits per heavy atom. The van der Waals surface area contributed by atoms with Crippen LogP contribution in [0.5, 0.6) is 11.5 Å². The smallest absolute Gasteiger partial charge is 0.333 e. The van der Waals surface area contributed by atoms with Gasteiger partial charge in [-0.2, -0.15) is 0 Å². The number of ether oxygens (including phenoxy) is 3. The maximum absolute atomic E-state index is 11.4. The van der Waals surface area contributed by atoms with Crippen molar-refractivity contribution < 1.29 is 24.1 Å². The van der Waals surface area contributed by atoms with Gasteiger partial charge in [-0.1, -0.05) is 36.1 Å². The number of aryl methyl sites for hydroxylation is 1. The first-order valence-corrected chi connectivity index (χ1v) is 9.13. The van der Waals surface area contributed by atoms with E-state index in [1.165, 1.54) is 0 Å². The van der Waals surface area contributed by atoms with Gasteiger partial charge in [0.15, 0.2) is 17.6 Å². The molecule has 0 radical (unpaired) electrons. The Balaban J connectivity index is 2.10. The van der Waals surface area contributed by atoms with E-state index in [-0.39, 0.29) is 19.1 Å². The van der Waals surface area contributed by atoms with E-state index in [1.807, 2.05) is 51.1 Å². The topological polar surface area (TPSA) is 65.0 Å². The fourth-order valence-corrected chi connectivity index (χ4v) is 2.66. The third-order valence-corrected chi connectivity index (χ3v) is 4.03. The van der Waals surface area contributed by atoms with E-state index in [0.717, 1.165) is 16.7 Å². The molecule has 0 fully saturated rings. The second-order valence-corrected chi connectivity index (χ2v) is 6.61. The minimum atomic E-state index is -0.990. The van der Waals surface area contributed by atoms with Gasteiger partial charge in [-0.25, -0.2) is 4.79 Å². The lowest BCUT2D eigenvalue weighted by atomic mass is 10.1. The van der Waals surface area contributed by atoms with Crippen LogP contribution in [0.3, 0.4) is 0 Å². The molecule has 0 amide bonds. The van der Waals surface area contributed by atoms with E-state index < -0.39 is 12.1 Å². The van der Waals surface area contributed by atoms with Crippen LogP contribution in [0.15, 0.2) is 42.5 Å². The summed E-state index contributed by atoms with van der Waals surface area (Å²) in [6.07, 6.45) is -0.850. The van der Waals surface area contributed by atoms with E-state index in [4.69, 9.17) is 14.2 Å². The summed E-state index contributed by atoms with van der Waals surface area (Å²) in [5.41, 5.74) is 2.86. The highest BCUT2D eigenvalue weighted by atomic mass is 16.5. The summed E-state index contributed by atoms with van der Waals surface area (Å²) in [7, 11) is 1.56.